The maximum atomic E-state index is 10.6. The Hall–Kier alpha value is -5.78. The first kappa shape index (κ1) is 30.7. The molecule has 0 atom stereocenters. The minimum Gasteiger partial charge on any atom is -0.504 e. The van der Waals surface area contributed by atoms with Crippen molar-refractivity contribution in [2.75, 3.05) is 42.7 Å². The monoisotopic (exact) mass is 616 g/mol. The second kappa shape index (κ2) is 12.1. The van der Waals surface area contributed by atoms with Gasteiger partial charge in [0.05, 0.1) is 42.7 Å². The molecule has 45 heavy (non-hydrogen) atoms. The molecule has 4 aromatic rings. The third-order valence-electron chi connectivity index (χ3n) is 7.53. The molecule has 0 saturated heterocycles. The summed E-state index contributed by atoms with van der Waals surface area (Å²) in [5.74, 6) is 0.297. The lowest BCUT2D eigenvalue weighted by molar-refractivity contribution is 0.322. The van der Waals surface area contributed by atoms with Gasteiger partial charge in [-0.3, -0.25) is 9.98 Å². The number of aromatic hydroxyl groups is 4. The number of nitrogens with zero attached hydrogens (tertiary/aromatic N) is 2. The summed E-state index contributed by atoms with van der Waals surface area (Å²) in [6.07, 6.45) is 2.72. The Balaban J connectivity index is 1.99. The van der Waals surface area contributed by atoms with Crippen LogP contribution in [-0.4, -0.2) is 75.5 Å². The van der Waals surface area contributed by atoms with Gasteiger partial charge < -0.3 is 48.8 Å². The quantitative estimate of drug-likeness (QED) is 0.141. The Morgan fingerprint density at radius 1 is 0.533 bits per heavy atom. The van der Waals surface area contributed by atoms with E-state index in [9.17, 15) is 20.4 Å². The molecule has 0 saturated carbocycles. The van der Waals surface area contributed by atoms with Crippen molar-refractivity contribution in [2.45, 2.75) is 5.66 Å². The molecule has 0 unspecified atom stereocenters. The molecule has 0 radical (unpaired) electrons. The fourth-order valence-electron chi connectivity index (χ4n) is 5.45. The van der Waals surface area contributed by atoms with Gasteiger partial charge in [0.1, 0.15) is 0 Å². The highest BCUT2D eigenvalue weighted by molar-refractivity contribution is 5.97. The lowest BCUT2D eigenvalue weighted by Crippen LogP contribution is -2.21. The number of benzene rings is 4. The standard InChI is InChI=1S/C33H32N2O10/c1-40-23-13-19-25(31(44-5)29(23)42-3)26-20(14-24(41-2)30(43-4)32(26)45-6)33(19,34-15-17-9-7-11-21(36)27(17)38)35-16-18-10-8-12-22(37)28(18)39/h7-16,36-39H,1-6H3. The molecule has 12 heteroatoms. The number of aliphatic imine (C=N–C) groups is 2. The smallest absolute Gasteiger partial charge is 0.203 e. The van der Waals surface area contributed by atoms with E-state index >= 15 is 0 Å². The van der Waals surface area contributed by atoms with E-state index in [-0.39, 0.29) is 45.6 Å². The zero-order valence-electron chi connectivity index (χ0n) is 25.4. The van der Waals surface area contributed by atoms with Crippen LogP contribution in [0.5, 0.6) is 57.5 Å². The van der Waals surface area contributed by atoms with Gasteiger partial charge in [0.25, 0.3) is 0 Å². The van der Waals surface area contributed by atoms with Crippen LogP contribution in [0, 0.1) is 0 Å². The fraction of sp³-hybridized carbons (Fsp3) is 0.212. The number of fused-ring (bicyclic) bond motifs is 3. The predicted molar refractivity (Wildman–Crippen MR) is 167 cm³/mol. The van der Waals surface area contributed by atoms with Crippen LogP contribution in [-0.2, 0) is 5.66 Å². The molecule has 4 N–H and O–H groups in total. The van der Waals surface area contributed by atoms with E-state index in [0.29, 0.717) is 45.3 Å². The maximum Gasteiger partial charge on any atom is 0.203 e. The minimum absolute atomic E-state index is 0.194. The van der Waals surface area contributed by atoms with E-state index < -0.39 is 5.66 Å². The number of hydrogen-bond donors (Lipinski definition) is 4. The topological polar surface area (TPSA) is 161 Å². The van der Waals surface area contributed by atoms with E-state index in [0.717, 1.165) is 0 Å². The molecule has 1 aliphatic rings. The first-order valence-electron chi connectivity index (χ1n) is 13.5. The number of rotatable bonds is 10. The fourth-order valence-corrected chi connectivity index (χ4v) is 5.45. The summed E-state index contributed by atoms with van der Waals surface area (Å²) >= 11 is 0. The second-order valence-corrected chi connectivity index (χ2v) is 9.75. The molecule has 12 nitrogen and oxygen atoms in total. The minimum atomic E-state index is -1.69. The summed E-state index contributed by atoms with van der Waals surface area (Å²) in [6.45, 7) is 0. The van der Waals surface area contributed by atoms with Gasteiger partial charge in [-0.15, -0.1) is 0 Å². The molecule has 234 valence electrons. The lowest BCUT2D eigenvalue weighted by Gasteiger charge is -2.25. The number of para-hydroxylation sites is 2. The highest BCUT2D eigenvalue weighted by atomic mass is 16.5. The van der Waals surface area contributed by atoms with E-state index in [1.165, 1.54) is 67.2 Å². The van der Waals surface area contributed by atoms with Crippen molar-refractivity contribution in [3.05, 3.63) is 70.8 Å². The molecule has 0 aliphatic heterocycles. The number of hydrogen-bond acceptors (Lipinski definition) is 12. The highest BCUT2D eigenvalue weighted by Crippen LogP contribution is 2.63. The van der Waals surface area contributed by atoms with Crippen LogP contribution in [0.2, 0.25) is 0 Å². The summed E-state index contributed by atoms with van der Waals surface area (Å²) in [5, 5.41) is 41.6. The molecule has 0 fully saturated rings. The van der Waals surface area contributed by atoms with E-state index in [4.69, 9.17) is 38.4 Å². The molecular formula is C33H32N2O10. The van der Waals surface area contributed by atoms with Crippen molar-refractivity contribution >= 4 is 12.4 Å². The van der Waals surface area contributed by atoms with Crippen molar-refractivity contribution in [2.24, 2.45) is 9.98 Å². The van der Waals surface area contributed by atoms with Crippen LogP contribution in [0.25, 0.3) is 11.1 Å². The second-order valence-electron chi connectivity index (χ2n) is 9.75. The zero-order valence-corrected chi connectivity index (χ0v) is 25.4. The van der Waals surface area contributed by atoms with Crippen molar-refractivity contribution in [3.63, 3.8) is 0 Å². The normalized spacial score (nSPS) is 13.0. The van der Waals surface area contributed by atoms with Gasteiger partial charge in [-0.25, -0.2) is 0 Å². The summed E-state index contributed by atoms with van der Waals surface area (Å²) in [5.41, 5.74) is 0.536. The SMILES string of the molecule is COc1cc2c(c(OC)c1OC)-c1c(cc(OC)c(OC)c1OC)C2(N=Cc1cccc(O)c1O)N=Cc1cccc(O)c1O. The number of methoxy groups -OCH3 is 6. The maximum absolute atomic E-state index is 10.6. The molecule has 0 amide bonds. The molecule has 1 aliphatic carbocycles. The number of phenolic OH excluding ortho intramolecular Hbond substituents is 4. The van der Waals surface area contributed by atoms with Gasteiger partial charge in [-0.1, -0.05) is 12.1 Å². The number of ether oxygens (including phenoxy) is 6. The van der Waals surface area contributed by atoms with Crippen molar-refractivity contribution < 1.29 is 48.8 Å². The van der Waals surface area contributed by atoms with E-state index in [2.05, 4.69) is 0 Å². The first-order valence-corrected chi connectivity index (χ1v) is 13.5. The van der Waals surface area contributed by atoms with Crippen LogP contribution in [0.4, 0.5) is 0 Å². The van der Waals surface area contributed by atoms with Crippen LogP contribution >= 0.6 is 0 Å². The average Bonchev–Trinajstić information content (AvgIpc) is 3.32. The van der Waals surface area contributed by atoms with Gasteiger partial charge in [0.15, 0.2) is 46.0 Å². The largest absolute Gasteiger partial charge is 0.504 e. The number of phenols is 4. The molecule has 0 aromatic heterocycles. The highest BCUT2D eigenvalue weighted by Gasteiger charge is 2.49. The molecule has 5 rings (SSSR count). The summed E-state index contributed by atoms with van der Waals surface area (Å²) in [6, 6.07) is 12.3. The predicted octanol–water partition coefficient (Wildman–Crippen LogP) is 4.98. The Bertz CT molecular complexity index is 1700. The van der Waals surface area contributed by atoms with Gasteiger partial charge in [-0.05, 0) is 36.4 Å². The molecular weight excluding hydrogens is 584 g/mol. The Kier molecular flexibility index (Phi) is 8.23. The van der Waals surface area contributed by atoms with Gasteiger partial charge >= 0.3 is 0 Å². The van der Waals surface area contributed by atoms with Crippen molar-refractivity contribution in [1.29, 1.82) is 0 Å². The van der Waals surface area contributed by atoms with Crippen LogP contribution in [0.3, 0.4) is 0 Å². The summed E-state index contributed by atoms with van der Waals surface area (Å²) < 4.78 is 34.7. The molecule has 0 heterocycles. The van der Waals surface area contributed by atoms with Gasteiger partial charge in [-0.2, -0.15) is 0 Å². The summed E-state index contributed by atoms with van der Waals surface area (Å²) in [4.78, 5) is 9.89. The Labute approximate surface area is 259 Å². The third kappa shape index (κ3) is 4.80. The van der Waals surface area contributed by atoms with Crippen LogP contribution in [0.15, 0.2) is 58.5 Å². The van der Waals surface area contributed by atoms with Crippen molar-refractivity contribution in [3.8, 4) is 68.6 Å². The molecule has 0 bridgehead atoms. The van der Waals surface area contributed by atoms with E-state index in [1.54, 1.807) is 36.4 Å². The van der Waals surface area contributed by atoms with Crippen LogP contribution < -0.4 is 28.4 Å². The van der Waals surface area contributed by atoms with Gasteiger partial charge in [0.2, 0.25) is 17.2 Å². The average molecular weight is 617 g/mol. The summed E-state index contributed by atoms with van der Waals surface area (Å²) in [7, 11) is 8.87. The van der Waals surface area contributed by atoms with Crippen molar-refractivity contribution in [1.82, 2.24) is 0 Å². The van der Waals surface area contributed by atoms with E-state index in [1.807, 2.05) is 0 Å². The first-order chi connectivity index (χ1) is 21.7. The molecule has 0 spiro atoms. The molecule has 4 aromatic carbocycles. The third-order valence-corrected chi connectivity index (χ3v) is 7.53. The van der Waals surface area contributed by atoms with Gasteiger partial charge in [0, 0.05) is 45.8 Å². The lowest BCUT2D eigenvalue weighted by atomic mass is 9.96. The Morgan fingerprint density at radius 3 is 1.24 bits per heavy atom. The van der Waals surface area contributed by atoms with Crippen LogP contribution in [0.1, 0.15) is 22.3 Å². The zero-order chi connectivity index (χ0) is 32.5. The Morgan fingerprint density at radius 2 is 0.911 bits per heavy atom.